The Labute approximate surface area is 214 Å². The first-order valence-corrected chi connectivity index (χ1v) is 12.4. The van der Waals surface area contributed by atoms with Crippen LogP contribution in [0.4, 0.5) is 13.6 Å². The predicted octanol–water partition coefficient (Wildman–Crippen LogP) is 5.08. The Bertz CT molecular complexity index is 1160. The van der Waals surface area contributed by atoms with Gasteiger partial charge >= 0.3 is 6.09 Å². The molecule has 1 aromatic carbocycles. The molecule has 4 rings (SSSR count). The van der Waals surface area contributed by atoms with Crippen LogP contribution in [0.1, 0.15) is 79.3 Å². The fraction of sp³-hybridized carbons (Fsp3) is 0.481. The van der Waals surface area contributed by atoms with E-state index < -0.39 is 35.8 Å². The predicted molar refractivity (Wildman–Crippen MR) is 131 cm³/mol. The van der Waals surface area contributed by atoms with Crippen molar-refractivity contribution in [1.82, 2.24) is 14.8 Å². The summed E-state index contributed by atoms with van der Waals surface area (Å²) in [6.45, 7) is 6.98. The molecule has 1 aromatic heterocycles. The average Bonchev–Trinajstić information content (AvgIpc) is 3.33. The minimum atomic E-state index is -1.30. The summed E-state index contributed by atoms with van der Waals surface area (Å²) >= 11 is 0. The molecule has 1 fully saturated rings. The number of halogens is 2. The molecule has 0 N–H and O–H groups in total. The number of rotatable bonds is 7. The molecular formula is C27H31F2N3O5. The summed E-state index contributed by atoms with van der Waals surface area (Å²) in [4.78, 5) is 44.4. The van der Waals surface area contributed by atoms with Gasteiger partial charge in [0.2, 0.25) is 5.88 Å². The van der Waals surface area contributed by atoms with E-state index in [2.05, 4.69) is 4.98 Å². The molecule has 37 heavy (non-hydrogen) atoms. The highest BCUT2D eigenvalue weighted by molar-refractivity contribution is 6.21. The number of alkyl halides is 1. The van der Waals surface area contributed by atoms with Crippen molar-refractivity contribution >= 4 is 17.9 Å². The van der Waals surface area contributed by atoms with Gasteiger partial charge in [-0.2, -0.15) is 0 Å². The number of benzene rings is 1. The molecule has 2 aliphatic rings. The molecule has 198 valence electrons. The van der Waals surface area contributed by atoms with E-state index in [1.165, 1.54) is 15.9 Å². The van der Waals surface area contributed by atoms with Gasteiger partial charge in [0.25, 0.3) is 11.8 Å². The van der Waals surface area contributed by atoms with Crippen LogP contribution in [0.3, 0.4) is 0 Å². The van der Waals surface area contributed by atoms with Crippen LogP contribution in [-0.4, -0.2) is 63.7 Å². The smallest absolute Gasteiger partial charge is 0.410 e. The number of hydrogen-bond donors (Lipinski definition) is 0. The van der Waals surface area contributed by atoms with Crippen LogP contribution in [0, 0.1) is 5.82 Å². The van der Waals surface area contributed by atoms with E-state index in [0.29, 0.717) is 24.0 Å². The summed E-state index contributed by atoms with van der Waals surface area (Å²) in [7, 11) is 0. The lowest BCUT2D eigenvalue weighted by Crippen LogP contribution is -2.37. The van der Waals surface area contributed by atoms with E-state index in [-0.39, 0.29) is 42.8 Å². The van der Waals surface area contributed by atoms with Gasteiger partial charge in [-0.25, -0.2) is 18.6 Å². The van der Waals surface area contributed by atoms with Crippen LogP contribution in [-0.2, 0) is 4.74 Å². The Morgan fingerprint density at radius 3 is 2.46 bits per heavy atom. The van der Waals surface area contributed by atoms with Crippen molar-refractivity contribution in [1.29, 1.82) is 0 Å². The molecule has 0 saturated carbocycles. The highest BCUT2D eigenvalue weighted by atomic mass is 19.1. The van der Waals surface area contributed by atoms with Gasteiger partial charge in [-0.15, -0.1) is 0 Å². The second-order valence-corrected chi connectivity index (χ2v) is 10.4. The number of imide groups is 1. The highest BCUT2D eigenvalue weighted by Crippen LogP contribution is 2.39. The summed E-state index contributed by atoms with van der Waals surface area (Å²) in [5.41, 5.74) is 0.283. The number of ether oxygens (including phenoxy) is 2. The third-order valence-electron chi connectivity index (χ3n) is 6.27. The number of carbonyl (C=O) groups excluding carboxylic acids is 3. The minimum Gasteiger partial charge on any atom is -0.474 e. The number of hydrogen-bond acceptors (Lipinski definition) is 6. The van der Waals surface area contributed by atoms with Gasteiger partial charge in [0.05, 0.1) is 36.0 Å². The number of carbonyl (C=O) groups is 3. The number of nitrogens with zero attached hydrogens (tertiary/aromatic N) is 3. The second-order valence-electron chi connectivity index (χ2n) is 10.4. The van der Waals surface area contributed by atoms with Gasteiger partial charge < -0.3 is 9.47 Å². The molecule has 0 spiro atoms. The summed E-state index contributed by atoms with van der Waals surface area (Å²) in [5.74, 6) is -1.17. The molecule has 8 nitrogen and oxygen atoms in total. The summed E-state index contributed by atoms with van der Waals surface area (Å²) in [5, 5.41) is 0. The van der Waals surface area contributed by atoms with Gasteiger partial charge in [0, 0.05) is 18.5 Å². The summed E-state index contributed by atoms with van der Waals surface area (Å²) < 4.78 is 40.0. The number of aromatic nitrogens is 1. The highest BCUT2D eigenvalue weighted by Gasteiger charge is 2.40. The molecule has 3 atom stereocenters. The molecule has 2 aliphatic heterocycles. The van der Waals surface area contributed by atoms with E-state index in [1.54, 1.807) is 52.0 Å². The lowest BCUT2D eigenvalue weighted by molar-refractivity contribution is 0.0213. The molecule has 3 heterocycles. The second kappa shape index (κ2) is 10.4. The van der Waals surface area contributed by atoms with Crippen LogP contribution >= 0.6 is 0 Å². The maximum atomic E-state index is 14.4. The quantitative estimate of drug-likeness (QED) is 0.478. The van der Waals surface area contributed by atoms with Crippen LogP contribution in [0.25, 0.3) is 0 Å². The van der Waals surface area contributed by atoms with Gasteiger partial charge in [0.15, 0.2) is 0 Å². The summed E-state index contributed by atoms with van der Waals surface area (Å²) in [6, 6.07) is 7.11. The van der Waals surface area contributed by atoms with Crippen molar-refractivity contribution in [2.75, 3.05) is 13.1 Å². The number of pyridine rings is 1. The first-order valence-electron chi connectivity index (χ1n) is 12.4. The molecule has 0 bridgehead atoms. The molecule has 0 aliphatic carbocycles. The fourth-order valence-electron chi connectivity index (χ4n) is 4.61. The van der Waals surface area contributed by atoms with Crippen molar-refractivity contribution in [3.05, 3.63) is 59.0 Å². The normalized spacial score (nSPS) is 20.3. The zero-order chi connectivity index (χ0) is 26.9. The lowest BCUT2D eigenvalue weighted by atomic mass is 10.1. The van der Waals surface area contributed by atoms with Crippen LogP contribution in [0.2, 0.25) is 0 Å². The van der Waals surface area contributed by atoms with Crippen LogP contribution in [0.5, 0.6) is 5.88 Å². The van der Waals surface area contributed by atoms with Gasteiger partial charge in [0.1, 0.15) is 17.6 Å². The third kappa shape index (κ3) is 5.89. The lowest BCUT2D eigenvalue weighted by Gasteiger charge is -2.29. The molecule has 0 unspecified atom stereocenters. The van der Waals surface area contributed by atoms with Crippen LogP contribution < -0.4 is 4.74 Å². The molecule has 1 saturated heterocycles. The topological polar surface area (TPSA) is 89.0 Å². The maximum Gasteiger partial charge on any atom is 0.410 e. The van der Waals surface area contributed by atoms with Gasteiger partial charge in [-0.3, -0.25) is 19.4 Å². The Morgan fingerprint density at radius 2 is 1.84 bits per heavy atom. The first kappa shape index (κ1) is 26.5. The van der Waals surface area contributed by atoms with E-state index in [1.807, 2.05) is 0 Å². The number of fused-ring (bicyclic) bond motifs is 1. The van der Waals surface area contributed by atoms with E-state index in [4.69, 9.17) is 9.47 Å². The molecular weight excluding hydrogens is 484 g/mol. The Balaban J connectivity index is 1.42. The number of amides is 3. The maximum absolute atomic E-state index is 14.4. The molecule has 2 aromatic rings. The molecule has 3 amide bonds. The Kier molecular flexibility index (Phi) is 7.47. The summed E-state index contributed by atoms with van der Waals surface area (Å²) in [6.07, 6.45) is -0.489. The average molecular weight is 516 g/mol. The van der Waals surface area contributed by atoms with E-state index in [0.717, 1.165) is 6.20 Å². The van der Waals surface area contributed by atoms with Gasteiger partial charge in [-0.1, -0.05) is 12.1 Å². The van der Waals surface area contributed by atoms with Crippen molar-refractivity contribution in [2.24, 2.45) is 0 Å². The molecule has 0 radical (unpaired) electrons. The zero-order valence-corrected chi connectivity index (χ0v) is 21.4. The monoisotopic (exact) mass is 515 g/mol. The SMILES string of the molecule is C[C@@H](CCCN1C(=O)c2ccccc2C1=O)Oc1ncc(F)cc1[C@H]1C[C@H](F)CN1C(=O)OC(C)(C)C. The minimum absolute atomic E-state index is 0.0329. The van der Waals surface area contributed by atoms with Crippen molar-refractivity contribution in [3.63, 3.8) is 0 Å². The standard InChI is InChI=1S/C27H31F2N3O5/c1-16(8-7-11-31-24(33)19-9-5-6-10-20(19)25(31)34)36-23-21(12-17(28)14-30-23)22-13-18(29)15-32(22)26(35)37-27(2,3)4/h5-6,9-10,12,14,16,18,22H,7-8,11,13,15H2,1-4H3/t16-,18-,22+/m0/s1. The van der Waals surface area contributed by atoms with Gasteiger partial charge in [-0.05, 0) is 58.7 Å². The van der Waals surface area contributed by atoms with E-state index >= 15 is 0 Å². The first-order chi connectivity index (χ1) is 17.4. The van der Waals surface area contributed by atoms with Crippen molar-refractivity contribution in [3.8, 4) is 5.88 Å². The number of likely N-dealkylation sites (tertiary alicyclic amines) is 1. The largest absolute Gasteiger partial charge is 0.474 e. The Morgan fingerprint density at radius 1 is 1.19 bits per heavy atom. The molecule has 10 heteroatoms. The third-order valence-corrected chi connectivity index (χ3v) is 6.27. The van der Waals surface area contributed by atoms with Crippen molar-refractivity contribution < 1.29 is 32.6 Å². The Hall–Kier alpha value is -3.56. The zero-order valence-electron chi connectivity index (χ0n) is 21.4. The van der Waals surface area contributed by atoms with Crippen molar-refractivity contribution in [2.45, 2.75) is 70.9 Å². The fourth-order valence-corrected chi connectivity index (χ4v) is 4.61. The van der Waals surface area contributed by atoms with Crippen LogP contribution in [0.15, 0.2) is 36.5 Å². The van der Waals surface area contributed by atoms with E-state index in [9.17, 15) is 23.2 Å².